The Balaban J connectivity index is 1.77. The molecule has 0 bridgehead atoms. The fourth-order valence-corrected chi connectivity index (χ4v) is 2.78. The first-order chi connectivity index (χ1) is 7.27. The van der Waals surface area contributed by atoms with E-state index in [-0.39, 0.29) is 6.10 Å². The van der Waals surface area contributed by atoms with Gasteiger partial charge in [0, 0.05) is 12.6 Å². The predicted molar refractivity (Wildman–Crippen MR) is 59.8 cm³/mol. The van der Waals surface area contributed by atoms with Gasteiger partial charge in [0.1, 0.15) is 0 Å². The van der Waals surface area contributed by atoms with Crippen LogP contribution in [0.25, 0.3) is 0 Å². The SMILES string of the molecule is CC(O)C1CCN(C2CCCOC2)CC1. The van der Waals surface area contributed by atoms with Gasteiger partial charge in [-0.1, -0.05) is 0 Å². The zero-order valence-corrected chi connectivity index (χ0v) is 9.69. The van der Waals surface area contributed by atoms with Crippen LogP contribution in [-0.4, -0.2) is 48.5 Å². The van der Waals surface area contributed by atoms with Gasteiger partial charge < -0.3 is 9.84 Å². The molecular formula is C12H23NO2. The topological polar surface area (TPSA) is 32.7 Å². The molecule has 0 aromatic heterocycles. The van der Waals surface area contributed by atoms with Crippen LogP contribution in [0.15, 0.2) is 0 Å². The summed E-state index contributed by atoms with van der Waals surface area (Å²) in [5, 5.41) is 9.53. The Kier molecular flexibility index (Phi) is 4.00. The molecule has 0 amide bonds. The summed E-state index contributed by atoms with van der Waals surface area (Å²) in [5.41, 5.74) is 0. The second kappa shape index (κ2) is 5.28. The molecule has 2 atom stereocenters. The van der Waals surface area contributed by atoms with Gasteiger partial charge in [0.15, 0.2) is 0 Å². The maximum Gasteiger partial charge on any atom is 0.0621 e. The van der Waals surface area contributed by atoms with Crippen molar-refractivity contribution in [2.45, 2.75) is 44.8 Å². The molecule has 2 saturated heterocycles. The molecule has 88 valence electrons. The molecule has 0 aromatic rings. The Morgan fingerprint density at radius 2 is 2.00 bits per heavy atom. The van der Waals surface area contributed by atoms with Gasteiger partial charge in [-0.2, -0.15) is 0 Å². The average Bonchev–Trinajstić information content (AvgIpc) is 2.30. The van der Waals surface area contributed by atoms with Crippen molar-refractivity contribution in [2.75, 3.05) is 26.3 Å². The Morgan fingerprint density at radius 3 is 2.53 bits per heavy atom. The summed E-state index contributed by atoms with van der Waals surface area (Å²) in [6.07, 6.45) is 4.66. The Labute approximate surface area is 92.4 Å². The second-order valence-corrected chi connectivity index (χ2v) is 4.98. The lowest BCUT2D eigenvalue weighted by Gasteiger charge is -2.39. The minimum atomic E-state index is -0.130. The number of hydrogen-bond acceptors (Lipinski definition) is 3. The van der Waals surface area contributed by atoms with Crippen LogP contribution in [0.2, 0.25) is 0 Å². The van der Waals surface area contributed by atoms with Crippen LogP contribution in [0.3, 0.4) is 0 Å². The molecule has 2 aliphatic rings. The molecule has 3 nitrogen and oxygen atoms in total. The highest BCUT2D eigenvalue weighted by atomic mass is 16.5. The zero-order chi connectivity index (χ0) is 10.7. The summed E-state index contributed by atoms with van der Waals surface area (Å²) < 4.78 is 5.52. The third kappa shape index (κ3) is 2.92. The summed E-state index contributed by atoms with van der Waals surface area (Å²) in [6, 6.07) is 0.647. The average molecular weight is 213 g/mol. The molecule has 0 radical (unpaired) electrons. The number of likely N-dealkylation sites (tertiary alicyclic amines) is 1. The molecule has 3 heteroatoms. The van der Waals surface area contributed by atoms with E-state index < -0.39 is 0 Å². The summed E-state index contributed by atoms with van der Waals surface area (Å²) >= 11 is 0. The number of piperidine rings is 1. The van der Waals surface area contributed by atoms with Crippen LogP contribution in [0.5, 0.6) is 0 Å². The van der Waals surface area contributed by atoms with E-state index in [1.165, 1.54) is 12.8 Å². The number of rotatable bonds is 2. The van der Waals surface area contributed by atoms with E-state index >= 15 is 0 Å². The normalized spacial score (nSPS) is 32.8. The first-order valence-electron chi connectivity index (χ1n) is 6.27. The van der Waals surface area contributed by atoms with E-state index in [1.807, 2.05) is 6.92 Å². The summed E-state index contributed by atoms with van der Waals surface area (Å²) in [5.74, 6) is 0.519. The molecule has 1 N–H and O–H groups in total. The van der Waals surface area contributed by atoms with Crippen LogP contribution in [0, 0.1) is 5.92 Å². The highest BCUT2D eigenvalue weighted by Crippen LogP contribution is 2.24. The van der Waals surface area contributed by atoms with Crippen molar-refractivity contribution >= 4 is 0 Å². The number of hydrogen-bond donors (Lipinski definition) is 1. The van der Waals surface area contributed by atoms with Crippen molar-refractivity contribution in [3.63, 3.8) is 0 Å². The number of nitrogens with zero attached hydrogens (tertiary/aromatic N) is 1. The maximum absolute atomic E-state index is 9.53. The van der Waals surface area contributed by atoms with Crippen molar-refractivity contribution in [1.29, 1.82) is 0 Å². The number of ether oxygens (including phenoxy) is 1. The summed E-state index contributed by atoms with van der Waals surface area (Å²) in [6.45, 7) is 6.07. The van der Waals surface area contributed by atoms with E-state index in [4.69, 9.17) is 4.74 Å². The largest absolute Gasteiger partial charge is 0.393 e. The molecule has 2 aliphatic heterocycles. The Hall–Kier alpha value is -0.120. The predicted octanol–water partition coefficient (Wildman–Crippen LogP) is 1.26. The molecule has 2 unspecified atom stereocenters. The minimum absolute atomic E-state index is 0.130. The first-order valence-corrected chi connectivity index (χ1v) is 6.27. The molecule has 0 spiro atoms. The van der Waals surface area contributed by atoms with Crippen molar-refractivity contribution in [2.24, 2.45) is 5.92 Å². The maximum atomic E-state index is 9.53. The fraction of sp³-hybridized carbons (Fsp3) is 1.00. The Morgan fingerprint density at radius 1 is 1.27 bits per heavy atom. The lowest BCUT2D eigenvalue weighted by atomic mass is 9.91. The van der Waals surface area contributed by atoms with Gasteiger partial charge in [-0.25, -0.2) is 0 Å². The van der Waals surface area contributed by atoms with E-state index in [1.54, 1.807) is 0 Å². The van der Waals surface area contributed by atoms with Crippen molar-refractivity contribution in [3.05, 3.63) is 0 Å². The zero-order valence-electron chi connectivity index (χ0n) is 9.69. The molecule has 2 rings (SSSR count). The van der Waals surface area contributed by atoms with Crippen LogP contribution < -0.4 is 0 Å². The van der Waals surface area contributed by atoms with Crippen LogP contribution in [0.4, 0.5) is 0 Å². The third-order valence-corrected chi connectivity index (χ3v) is 3.91. The van der Waals surface area contributed by atoms with E-state index in [2.05, 4.69) is 4.90 Å². The van der Waals surface area contributed by atoms with Gasteiger partial charge in [-0.15, -0.1) is 0 Å². The number of aliphatic hydroxyl groups excluding tert-OH is 1. The lowest BCUT2D eigenvalue weighted by molar-refractivity contribution is -0.00724. The summed E-state index contributed by atoms with van der Waals surface area (Å²) in [4.78, 5) is 2.55. The highest BCUT2D eigenvalue weighted by Gasteiger charge is 2.28. The smallest absolute Gasteiger partial charge is 0.0621 e. The molecule has 0 aromatic carbocycles. The molecule has 0 aliphatic carbocycles. The summed E-state index contributed by atoms with van der Waals surface area (Å²) in [7, 11) is 0. The van der Waals surface area contributed by atoms with Crippen LogP contribution in [0.1, 0.15) is 32.6 Å². The molecule has 2 heterocycles. The van der Waals surface area contributed by atoms with Crippen molar-refractivity contribution in [3.8, 4) is 0 Å². The lowest BCUT2D eigenvalue weighted by Crippen LogP contribution is -2.46. The van der Waals surface area contributed by atoms with Crippen LogP contribution in [-0.2, 0) is 4.74 Å². The van der Waals surface area contributed by atoms with Gasteiger partial charge in [0.05, 0.1) is 12.7 Å². The van der Waals surface area contributed by atoms with Crippen LogP contribution >= 0.6 is 0 Å². The molecular weight excluding hydrogens is 190 g/mol. The molecule has 15 heavy (non-hydrogen) atoms. The van der Waals surface area contributed by atoms with Gasteiger partial charge in [0.2, 0.25) is 0 Å². The molecule has 2 fully saturated rings. The van der Waals surface area contributed by atoms with Gasteiger partial charge in [-0.05, 0) is 51.6 Å². The van der Waals surface area contributed by atoms with Crippen molar-refractivity contribution < 1.29 is 9.84 Å². The highest BCUT2D eigenvalue weighted by molar-refractivity contribution is 4.81. The van der Waals surface area contributed by atoms with Gasteiger partial charge in [-0.3, -0.25) is 4.90 Å². The van der Waals surface area contributed by atoms with E-state index in [9.17, 15) is 5.11 Å². The minimum Gasteiger partial charge on any atom is -0.393 e. The van der Waals surface area contributed by atoms with Gasteiger partial charge in [0.25, 0.3) is 0 Å². The fourth-order valence-electron chi connectivity index (χ4n) is 2.78. The second-order valence-electron chi connectivity index (χ2n) is 4.98. The van der Waals surface area contributed by atoms with E-state index in [0.717, 1.165) is 39.1 Å². The standard InChI is InChI=1S/C12H23NO2/c1-10(14)11-4-6-13(7-5-11)12-3-2-8-15-9-12/h10-12,14H,2-9H2,1H3. The van der Waals surface area contributed by atoms with Crippen molar-refractivity contribution in [1.82, 2.24) is 4.90 Å². The molecule has 0 saturated carbocycles. The quantitative estimate of drug-likeness (QED) is 0.749. The monoisotopic (exact) mass is 213 g/mol. The number of aliphatic hydroxyl groups is 1. The van der Waals surface area contributed by atoms with Gasteiger partial charge >= 0.3 is 0 Å². The third-order valence-electron chi connectivity index (χ3n) is 3.91. The van der Waals surface area contributed by atoms with E-state index in [0.29, 0.717) is 12.0 Å². The Bertz CT molecular complexity index is 182. The first kappa shape index (κ1) is 11.4.